The fraction of sp³-hybridized carbons (Fsp3) is 0.278. The molecule has 1 fully saturated rings. The van der Waals surface area contributed by atoms with Crippen molar-refractivity contribution in [2.24, 2.45) is 0 Å². The molecule has 25 heavy (non-hydrogen) atoms. The summed E-state index contributed by atoms with van der Waals surface area (Å²) in [4.78, 5) is 6.80. The van der Waals surface area contributed by atoms with Gasteiger partial charge < -0.3 is 9.64 Å². The Kier molecular flexibility index (Phi) is 3.97. The lowest BCUT2D eigenvalue weighted by molar-refractivity contribution is 0.123. The highest BCUT2D eigenvalue weighted by atomic mass is 32.2. The van der Waals surface area contributed by atoms with Crippen LogP contribution in [0.3, 0.4) is 0 Å². The Morgan fingerprint density at radius 2 is 1.76 bits per heavy atom. The van der Waals surface area contributed by atoms with Crippen molar-refractivity contribution in [3.63, 3.8) is 0 Å². The molecule has 1 aromatic carbocycles. The number of hydrogen-bond acceptors (Lipinski definition) is 5. The quantitative estimate of drug-likeness (QED) is 0.720. The minimum absolute atomic E-state index is 0.258. The monoisotopic (exact) mass is 357 g/mol. The van der Waals surface area contributed by atoms with Gasteiger partial charge in [0.25, 0.3) is 10.0 Å². The van der Waals surface area contributed by atoms with Crippen LogP contribution in [0.15, 0.2) is 53.7 Å². The van der Waals surface area contributed by atoms with E-state index in [-0.39, 0.29) is 4.90 Å². The molecule has 0 aliphatic carbocycles. The van der Waals surface area contributed by atoms with Gasteiger partial charge in [-0.15, -0.1) is 0 Å². The Balaban J connectivity index is 1.82. The summed E-state index contributed by atoms with van der Waals surface area (Å²) >= 11 is 0. The first-order valence-corrected chi connectivity index (χ1v) is 9.62. The van der Waals surface area contributed by atoms with Crippen molar-refractivity contribution in [1.82, 2.24) is 8.96 Å². The number of aryl methyl sites for hydroxylation is 1. The van der Waals surface area contributed by atoms with Gasteiger partial charge in [0.1, 0.15) is 0 Å². The summed E-state index contributed by atoms with van der Waals surface area (Å²) in [7, 11) is -3.68. The van der Waals surface area contributed by atoms with Crippen molar-refractivity contribution in [1.29, 1.82) is 0 Å². The van der Waals surface area contributed by atoms with Crippen LogP contribution in [-0.2, 0) is 14.8 Å². The van der Waals surface area contributed by atoms with Gasteiger partial charge in [-0.05, 0) is 31.2 Å². The van der Waals surface area contributed by atoms with Crippen LogP contribution in [0.2, 0.25) is 0 Å². The summed E-state index contributed by atoms with van der Waals surface area (Å²) < 4.78 is 32.7. The summed E-state index contributed by atoms with van der Waals surface area (Å²) in [5.74, 6) is 0. The van der Waals surface area contributed by atoms with E-state index in [1.165, 1.54) is 3.97 Å². The molecule has 1 saturated heterocycles. The molecule has 2 aromatic heterocycles. The van der Waals surface area contributed by atoms with Crippen LogP contribution in [-0.4, -0.2) is 43.7 Å². The maximum absolute atomic E-state index is 13.0. The molecule has 0 bridgehead atoms. The van der Waals surface area contributed by atoms with Crippen LogP contribution < -0.4 is 4.90 Å². The first-order chi connectivity index (χ1) is 12.1. The Hall–Kier alpha value is -2.38. The number of morpholine rings is 1. The molecule has 0 amide bonds. The topological polar surface area (TPSA) is 64.4 Å². The second-order valence-electron chi connectivity index (χ2n) is 6.10. The van der Waals surface area contributed by atoms with Gasteiger partial charge in [0, 0.05) is 36.6 Å². The summed E-state index contributed by atoms with van der Waals surface area (Å²) in [6.45, 7) is 4.85. The molecule has 0 saturated carbocycles. The lowest BCUT2D eigenvalue weighted by atomic mass is 10.2. The molecule has 1 aliphatic rings. The van der Waals surface area contributed by atoms with Crippen molar-refractivity contribution >= 4 is 26.7 Å². The smallest absolute Gasteiger partial charge is 0.269 e. The van der Waals surface area contributed by atoms with Crippen molar-refractivity contribution in [2.45, 2.75) is 11.8 Å². The van der Waals surface area contributed by atoms with E-state index < -0.39 is 10.0 Å². The molecule has 3 heterocycles. The highest BCUT2D eigenvalue weighted by Crippen LogP contribution is 2.29. The van der Waals surface area contributed by atoms with E-state index in [0.717, 1.165) is 29.7 Å². The summed E-state index contributed by atoms with van der Waals surface area (Å²) in [6.07, 6.45) is 3.24. The number of benzene rings is 1. The second kappa shape index (κ2) is 6.16. The Bertz CT molecular complexity index is 1000. The molecule has 0 unspecified atom stereocenters. The Labute approximate surface area is 146 Å². The SMILES string of the molecule is Cc1ccc(S(=O)(=O)n2ccc3c(N4CCOCC4)ccnc32)cc1. The van der Waals surface area contributed by atoms with Gasteiger partial charge in [-0.3, -0.25) is 0 Å². The number of pyridine rings is 1. The molecule has 0 N–H and O–H groups in total. The number of nitrogens with zero attached hydrogens (tertiary/aromatic N) is 3. The fourth-order valence-corrected chi connectivity index (χ4v) is 4.40. The number of aromatic nitrogens is 2. The van der Waals surface area contributed by atoms with E-state index in [4.69, 9.17) is 4.74 Å². The van der Waals surface area contributed by atoms with Crippen molar-refractivity contribution in [3.8, 4) is 0 Å². The molecule has 0 radical (unpaired) electrons. The predicted molar refractivity (Wildman–Crippen MR) is 96.5 cm³/mol. The molecule has 6 nitrogen and oxygen atoms in total. The van der Waals surface area contributed by atoms with Crippen LogP contribution in [0.5, 0.6) is 0 Å². The van der Waals surface area contributed by atoms with Gasteiger partial charge >= 0.3 is 0 Å². The van der Waals surface area contributed by atoms with Crippen LogP contribution in [0.1, 0.15) is 5.56 Å². The predicted octanol–water partition coefficient (Wildman–Crippen LogP) is 2.42. The summed E-state index contributed by atoms with van der Waals surface area (Å²) in [5.41, 5.74) is 2.46. The van der Waals surface area contributed by atoms with E-state index in [9.17, 15) is 8.42 Å². The fourth-order valence-electron chi connectivity index (χ4n) is 3.10. The van der Waals surface area contributed by atoms with Crippen LogP contribution in [0, 0.1) is 6.92 Å². The van der Waals surface area contributed by atoms with E-state index in [2.05, 4.69) is 9.88 Å². The zero-order valence-corrected chi connectivity index (χ0v) is 14.7. The highest BCUT2D eigenvalue weighted by molar-refractivity contribution is 7.90. The highest BCUT2D eigenvalue weighted by Gasteiger charge is 2.22. The normalized spacial score (nSPS) is 15.6. The first-order valence-electron chi connectivity index (χ1n) is 8.18. The van der Waals surface area contributed by atoms with Crippen LogP contribution in [0.25, 0.3) is 11.0 Å². The van der Waals surface area contributed by atoms with Gasteiger partial charge in [-0.25, -0.2) is 17.4 Å². The molecule has 4 rings (SSSR count). The summed E-state index contributed by atoms with van der Waals surface area (Å²) in [5, 5.41) is 0.833. The lowest BCUT2D eigenvalue weighted by Gasteiger charge is -2.29. The van der Waals surface area contributed by atoms with Gasteiger partial charge in [-0.2, -0.15) is 0 Å². The molecular weight excluding hydrogens is 338 g/mol. The number of fused-ring (bicyclic) bond motifs is 1. The van der Waals surface area contributed by atoms with Gasteiger partial charge in [0.15, 0.2) is 5.65 Å². The zero-order chi connectivity index (χ0) is 17.4. The van der Waals surface area contributed by atoms with E-state index in [0.29, 0.717) is 18.9 Å². The number of anilines is 1. The van der Waals surface area contributed by atoms with E-state index in [1.807, 2.05) is 19.1 Å². The zero-order valence-electron chi connectivity index (χ0n) is 13.9. The van der Waals surface area contributed by atoms with Gasteiger partial charge in [0.05, 0.1) is 18.1 Å². The van der Waals surface area contributed by atoms with E-state index in [1.54, 1.807) is 36.7 Å². The first kappa shape index (κ1) is 16.1. The third kappa shape index (κ3) is 2.79. The van der Waals surface area contributed by atoms with Gasteiger partial charge in [-0.1, -0.05) is 17.7 Å². The number of ether oxygens (including phenoxy) is 1. The maximum atomic E-state index is 13.0. The number of hydrogen-bond donors (Lipinski definition) is 0. The molecule has 7 heteroatoms. The average Bonchev–Trinajstić information content (AvgIpc) is 3.08. The molecule has 3 aromatic rings. The van der Waals surface area contributed by atoms with Crippen LogP contribution in [0.4, 0.5) is 5.69 Å². The number of rotatable bonds is 3. The Morgan fingerprint density at radius 1 is 1.04 bits per heavy atom. The molecule has 0 spiro atoms. The second-order valence-corrected chi connectivity index (χ2v) is 7.91. The standard InChI is InChI=1S/C18H19N3O3S/c1-14-2-4-15(5-3-14)25(22,23)21-9-7-16-17(6-8-19-18(16)21)20-10-12-24-13-11-20/h2-9H,10-13H2,1H3. The van der Waals surface area contributed by atoms with E-state index >= 15 is 0 Å². The molecule has 1 aliphatic heterocycles. The minimum Gasteiger partial charge on any atom is -0.378 e. The van der Waals surface area contributed by atoms with Crippen molar-refractivity contribution in [3.05, 3.63) is 54.4 Å². The lowest BCUT2D eigenvalue weighted by Crippen LogP contribution is -2.36. The molecular formula is C18H19N3O3S. The third-order valence-corrected chi connectivity index (χ3v) is 6.14. The average molecular weight is 357 g/mol. The minimum atomic E-state index is -3.68. The molecule has 0 atom stereocenters. The Morgan fingerprint density at radius 3 is 2.48 bits per heavy atom. The molecule has 130 valence electrons. The van der Waals surface area contributed by atoms with Crippen LogP contribution >= 0.6 is 0 Å². The van der Waals surface area contributed by atoms with Gasteiger partial charge in [0.2, 0.25) is 0 Å². The largest absolute Gasteiger partial charge is 0.378 e. The third-order valence-electron chi connectivity index (χ3n) is 4.46. The maximum Gasteiger partial charge on any atom is 0.269 e. The summed E-state index contributed by atoms with van der Waals surface area (Å²) in [6, 6.07) is 10.6. The van der Waals surface area contributed by atoms with Crippen molar-refractivity contribution in [2.75, 3.05) is 31.2 Å². The van der Waals surface area contributed by atoms with Crippen molar-refractivity contribution < 1.29 is 13.2 Å².